The Morgan fingerprint density at radius 3 is 2.19 bits per heavy atom. The maximum atomic E-state index is 15.2. The third kappa shape index (κ3) is 3.70. The third-order valence-electron chi connectivity index (χ3n) is 6.33. The molecule has 4 rings (SSSR count). The van der Waals surface area contributed by atoms with Crippen LogP contribution in [0.1, 0.15) is 72.1 Å². The van der Waals surface area contributed by atoms with Crippen LogP contribution in [0.15, 0.2) is 18.3 Å². The normalized spacial score (nSPS) is 18.7. The highest BCUT2D eigenvalue weighted by Crippen LogP contribution is 2.37. The molecule has 0 bridgehead atoms. The quantitative estimate of drug-likeness (QED) is 0.412. The fraction of sp³-hybridized carbons (Fsp3) is 0.500. The largest absolute Gasteiger partial charge is 0.495 e. The van der Waals surface area contributed by atoms with E-state index in [9.17, 15) is 4.39 Å². The molecule has 1 aliphatic rings. The van der Waals surface area contributed by atoms with Gasteiger partial charge in [0.05, 0.1) is 28.8 Å². The minimum Gasteiger partial charge on any atom is -0.399 e. The standard InChI is InChI=1S/C22H26BClF2N4O2/c1-11(2)30-16-9-13(23-31-21(4,5)22(6,7)32-23)8-14(25)17(16)28-20(30)12(3)19-27-10-15(26)18(24)29-19/h8-12H,1-7H3. The minimum atomic E-state index is -0.700. The molecule has 1 saturated heterocycles. The first-order chi connectivity index (χ1) is 14.8. The predicted octanol–water partition coefficient (Wildman–Crippen LogP) is 4.79. The average Bonchev–Trinajstić information content (AvgIpc) is 3.18. The first-order valence-electron chi connectivity index (χ1n) is 10.6. The van der Waals surface area contributed by atoms with Crippen molar-refractivity contribution >= 4 is 35.2 Å². The smallest absolute Gasteiger partial charge is 0.399 e. The zero-order valence-electron chi connectivity index (χ0n) is 19.2. The van der Waals surface area contributed by atoms with E-state index in [0.29, 0.717) is 22.6 Å². The lowest BCUT2D eigenvalue weighted by Crippen LogP contribution is -2.41. The van der Waals surface area contributed by atoms with Gasteiger partial charge < -0.3 is 13.9 Å². The van der Waals surface area contributed by atoms with Crippen molar-refractivity contribution < 1.29 is 18.1 Å². The number of hydrogen-bond donors (Lipinski definition) is 0. The highest BCUT2D eigenvalue weighted by Gasteiger charge is 2.52. The van der Waals surface area contributed by atoms with Gasteiger partial charge in [0.1, 0.15) is 17.2 Å². The minimum absolute atomic E-state index is 0.0404. The summed E-state index contributed by atoms with van der Waals surface area (Å²) in [5.41, 5.74) is 0.338. The lowest BCUT2D eigenvalue weighted by molar-refractivity contribution is 0.00578. The molecule has 3 heterocycles. The second-order valence-corrected chi connectivity index (χ2v) is 9.84. The van der Waals surface area contributed by atoms with Crippen molar-refractivity contribution in [3.63, 3.8) is 0 Å². The van der Waals surface area contributed by atoms with Crippen LogP contribution >= 0.6 is 11.6 Å². The summed E-state index contributed by atoms with van der Waals surface area (Å²) in [6.45, 7) is 13.6. The van der Waals surface area contributed by atoms with E-state index in [2.05, 4.69) is 15.0 Å². The van der Waals surface area contributed by atoms with Crippen molar-refractivity contribution in [1.82, 2.24) is 19.5 Å². The van der Waals surface area contributed by atoms with Crippen molar-refractivity contribution in [2.75, 3.05) is 0 Å². The molecule has 0 spiro atoms. The van der Waals surface area contributed by atoms with E-state index in [4.69, 9.17) is 20.9 Å². The Hall–Kier alpha value is -2.10. The van der Waals surface area contributed by atoms with E-state index in [1.807, 2.05) is 59.1 Å². The fourth-order valence-corrected chi connectivity index (χ4v) is 3.97. The summed E-state index contributed by atoms with van der Waals surface area (Å²) in [7, 11) is -0.700. The lowest BCUT2D eigenvalue weighted by Gasteiger charge is -2.32. The molecule has 1 unspecified atom stereocenters. The molecule has 1 fully saturated rings. The van der Waals surface area contributed by atoms with Crippen LogP contribution in [0.2, 0.25) is 5.15 Å². The van der Waals surface area contributed by atoms with E-state index in [1.165, 1.54) is 6.07 Å². The molecular formula is C22H26BClF2N4O2. The molecule has 0 radical (unpaired) electrons. The van der Waals surface area contributed by atoms with Gasteiger partial charge in [-0.2, -0.15) is 0 Å². The summed E-state index contributed by atoms with van der Waals surface area (Å²) in [5, 5.41) is -0.261. The molecule has 2 aromatic heterocycles. The van der Waals surface area contributed by atoms with Gasteiger partial charge in [-0.1, -0.05) is 11.6 Å². The van der Waals surface area contributed by atoms with E-state index >= 15 is 4.39 Å². The predicted molar refractivity (Wildman–Crippen MR) is 120 cm³/mol. The average molecular weight is 463 g/mol. The molecule has 170 valence electrons. The van der Waals surface area contributed by atoms with Crippen molar-refractivity contribution in [2.24, 2.45) is 0 Å². The zero-order valence-corrected chi connectivity index (χ0v) is 20.0. The van der Waals surface area contributed by atoms with Crippen molar-refractivity contribution in [1.29, 1.82) is 0 Å². The number of nitrogens with zero attached hydrogens (tertiary/aromatic N) is 4. The van der Waals surface area contributed by atoms with Crippen molar-refractivity contribution in [2.45, 2.75) is 71.6 Å². The second kappa shape index (κ2) is 7.75. The molecule has 0 saturated carbocycles. The summed E-state index contributed by atoms with van der Waals surface area (Å²) < 4.78 is 42.9. The summed E-state index contributed by atoms with van der Waals surface area (Å²) in [5.74, 6) is -0.748. The van der Waals surface area contributed by atoms with Crippen LogP contribution in [0.4, 0.5) is 8.78 Å². The van der Waals surface area contributed by atoms with Gasteiger partial charge >= 0.3 is 7.12 Å². The van der Waals surface area contributed by atoms with Gasteiger partial charge in [-0.25, -0.2) is 23.7 Å². The van der Waals surface area contributed by atoms with Crippen LogP contribution in [0.25, 0.3) is 11.0 Å². The van der Waals surface area contributed by atoms with Gasteiger partial charge in [-0.05, 0) is 66.1 Å². The van der Waals surface area contributed by atoms with Gasteiger partial charge in [0.25, 0.3) is 0 Å². The van der Waals surface area contributed by atoms with E-state index in [0.717, 1.165) is 6.20 Å². The Kier molecular flexibility index (Phi) is 5.59. The summed E-state index contributed by atoms with van der Waals surface area (Å²) in [6, 6.07) is 3.21. The number of aromatic nitrogens is 4. The number of halogens is 3. The van der Waals surface area contributed by atoms with E-state index < -0.39 is 35.9 Å². The SMILES string of the molecule is CC(c1ncc(F)c(Cl)n1)c1nc2c(F)cc(B3OC(C)(C)C(C)(C)O3)cc2n1C(C)C. The topological polar surface area (TPSA) is 62.1 Å². The molecule has 1 aromatic carbocycles. The fourth-order valence-electron chi connectivity index (χ4n) is 3.84. The van der Waals surface area contributed by atoms with Crippen molar-refractivity contribution in [3.8, 4) is 0 Å². The third-order valence-corrected chi connectivity index (χ3v) is 6.60. The van der Waals surface area contributed by atoms with E-state index in [1.54, 1.807) is 0 Å². The molecule has 32 heavy (non-hydrogen) atoms. The highest BCUT2D eigenvalue weighted by atomic mass is 35.5. The van der Waals surface area contributed by atoms with Crippen LogP contribution in [-0.2, 0) is 9.31 Å². The molecular weight excluding hydrogens is 437 g/mol. The monoisotopic (exact) mass is 462 g/mol. The van der Waals surface area contributed by atoms with Gasteiger partial charge in [0.15, 0.2) is 16.8 Å². The van der Waals surface area contributed by atoms with Crippen LogP contribution < -0.4 is 5.46 Å². The second-order valence-electron chi connectivity index (χ2n) is 9.48. The number of fused-ring (bicyclic) bond motifs is 1. The summed E-state index contributed by atoms with van der Waals surface area (Å²) >= 11 is 5.85. The molecule has 0 amide bonds. The number of benzene rings is 1. The molecule has 10 heteroatoms. The maximum Gasteiger partial charge on any atom is 0.495 e. The highest BCUT2D eigenvalue weighted by molar-refractivity contribution is 6.62. The Bertz CT molecular complexity index is 1180. The first kappa shape index (κ1) is 23.1. The van der Waals surface area contributed by atoms with Crippen LogP contribution in [0.3, 0.4) is 0 Å². The van der Waals surface area contributed by atoms with Crippen molar-refractivity contribution in [3.05, 3.63) is 46.8 Å². The van der Waals surface area contributed by atoms with Gasteiger partial charge in [-0.3, -0.25) is 0 Å². The van der Waals surface area contributed by atoms with Crippen LogP contribution in [0.5, 0.6) is 0 Å². The Balaban J connectivity index is 1.84. The van der Waals surface area contributed by atoms with Gasteiger partial charge in [0.2, 0.25) is 0 Å². The number of rotatable bonds is 4. The van der Waals surface area contributed by atoms with Gasteiger partial charge in [-0.15, -0.1) is 0 Å². The van der Waals surface area contributed by atoms with Crippen LogP contribution in [-0.4, -0.2) is 37.8 Å². The first-order valence-corrected chi connectivity index (χ1v) is 10.9. The number of imidazole rings is 1. The zero-order chi connectivity index (χ0) is 23.6. The molecule has 0 aliphatic carbocycles. The molecule has 3 aromatic rings. The molecule has 0 N–H and O–H groups in total. The van der Waals surface area contributed by atoms with E-state index in [-0.39, 0.29) is 16.7 Å². The maximum absolute atomic E-state index is 15.2. The molecule has 1 atom stereocenters. The summed E-state index contributed by atoms with van der Waals surface area (Å²) in [6.07, 6.45) is 1.03. The molecule has 1 aliphatic heterocycles. The van der Waals surface area contributed by atoms with Crippen LogP contribution in [0, 0.1) is 11.6 Å². The number of hydrogen-bond acceptors (Lipinski definition) is 5. The van der Waals surface area contributed by atoms with Gasteiger partial charge in [0, 0.05) is 6.04 Å². The Morgan fingerprint density at radius 2 is 1.62 bits per heavy atom. The Morgan fingerprint density at radius 1 is 1.00 bits per heavy atom. The summed E-state index contributed by atoms with van der Waals surface area (Å²) in [4.78, 5) is 12.7. The molecule has 6 nitrogen and oxygen atoms in total. The Labute approximate surface area is 191 Å². The lowest BCUT2D eigenvalue weighted by atomic mass is 9.79.